The zero-order chi connectivity index (χ0) is 14.6. The molecule has 1 aromatic rings. The number of nitrogens with one attached hydrogen (secondary N) is 1. The molecule has 0 aliphatic carbocycles. The molecule has 0 bridgehead atoms. The number of carbonyl (C=O) groups excluding carboxylic acids is 1. The molecule has 100 valence electrons. The summed E-state index contributed by atoms with van der Waals surface area (Å²) in [6.45, 7) is 0.842. The molecule has 3 nitrogen and oxygen atoms in total. The standard InChI is InChI=1S/C14H19NO2.ClH/c1-17-14(16)13(11-7-3-2-4-8-11)12-9-5-6-10-15-12;/h2-4,7-8,12-13,15H,5-6,9-10H2,1H3;1H/t12-,13+;/m1./s1/i1+1D3;. The van der Waals surface area contributed by atoms with E-state index in [2.05, 4.69) is 10.1 Å². The van der Waals surface area contributed by atoms with E-state index in [1.807, 2.05) is 30.3 Å². The minimum atomic E-state index is -2.70. The topological polar surface area (TPSA) is 38.3 Å². The zero-order valence-corrected chi connectivity index (χ0v) is 10.9. The van der Waals surface area contributed by atoms with E-state index in [0.717, 1.165) is 31.4 Å². The largest absolute Gasteiger partial charge is 0.469 e. The van der Waals surface area contributed by atoms with Gasteiger partial charge in [-0.15, -0.1) is 12.4 Å². The van der Waals surface area contributed by atoms with Gasteiger partial charge in [0.05, 0.1) is 17.1 Å². The van der Waals surface area contributed by atoms with Crippen LogP contribution < -0.4 is 5.32 Å². The van der Waals surface area contributed by atoms with Gasteiger partial charge in [-0.05, 0) is 24.9 Å². The van der Waals surface area contributed by atoms with Gasteiger partial charge in [-0.2, -0.15) is 0 Å². The second kappa shape index (κ2) is 7.39. The molecule has 2 rings (SSSR count). The summed E-state index contributed by atoms with van der Waals surface area (Å²) in [7, 11) is -2.70. The normalized spacial score (nSPS) is 23.8. The van der Waals surface area contributed by atoms with Gasteiger partial charge in [-0.25, -0.2) is 0 Å². The highest BCUT2D eigenvalue weighted by Crippen LogP contribution is 2.26. The monoisotopic (exact) mass is 273 g/mol. The lowest BCUT2D eigenvalue weighted by Crippen LogP contribution is -2.42. The summed E-state index contributed by atoms with van der Waals surface area (Å²) in [4.78, 5) is 12.2. The van der Waals surface area contributed by atoms with Gasteiger partial charge >= 0.3 is 5.97 Å². The Kier molecular flexibility index (Phi) is 4.45. The van der Waals surface area contributed by atoms with E-state index in [0.29, 0.717) is 0 Å². The van der Waals surface area contributed by atoms with Crippen molar-refractivity contribution in [1.29, 1.82) is 0 Å². The lowest BCUT2D eigenvalue weighted by Gasteiger charge is -2.29. The maximum absolute atomic E-state index is 12.2. The molecule has 1 N–H and O–H groups in total. The lowest BCUT2D eigenvalue weighted by atomic mass is 9.86. The Balaban J connectivity index is 0.00000220. The van der Waals surface area contributed by atoms with E-state index in [1.54, 1.807) is 0 Å². The van der Waals surface area contributed by atoms with Crippen molar-refractivity contribution in [3.63, 3.8) is 0 Å². The summed E-state index contributed by atoms with van der Waals surface area (Å²) < 4.78 is 25.9. The number of esters is 1. The van der Waals surface area contributed by atoms with E-state index < -0.39 is 18.9 Å². The molecular weight excluding hydrogens is 251 g/mol. The van der Waals surface area contributed by atoms with Crippen LogP contribution in [0.3, 0.4) is 0 Å². The molecule has 1 aliphatic rings. The van der Waals surface area contributed by atoms with Crippen LogP contribution in [0.4, 0.5) is 0 Å². The van der Waals surface area contributed by atoms with Crippen molar-refractivity contribution >= 4 is 18.4 Å². The maximum atomic E-state index is 12.2. The van der Waals surface area contributed by atoms with Gasteiger partial charge in [0.25, 0.3) is 0 Å². The van der Waals surface area contributed by atoms with Gasteiger partial charge in [0.15, 0.2) is 0 Å². The number of hydrogen-bond donors (Lipinski definition) is 1. The first kappa shape index (κ1) is 10.8. The summed E-state index contributed by atoms with van der Waals surface area (Å²) in [5, 5.41) is 3.30. The minimum Gasteiger partial charge on any atom is -0.469 e. The van der Waals surface area contributed by atoms with Gasteiger partial charge in [0.1, 0.15) is 0 Å². The maximum Gasteiger partial charge on any atom is 0.314 e. The number of methoxy groups -OCH3 is 1. The number of carbonyl (C=O) groups is 1. The van der Waals surface area contributed by atoms with Crippen molar-refractivity contribution in [2.75, 3.05) is 13.6 Å². The molecule has 1 fully saturated rings. The van der Waals surface area contributed by atoms with E-state index in [1.165, 1.54) is 0 Å². The average molecular weight is 274 g/mol. The van der Waals surface area contributed by atoms with E-state index >= 15 is 0 Å². The highest BCUT2D eigenvalue weighted by Gasteiger charge is 2.31. The van der Waals surface area contributed by atoms with Crippen molar-refractivity contribution in [2.24, 2.45) is 0 Å². The van der Waals surface area contributed by atoms with Crippen molar-refractivity contribution in [1.82, 2.24) is 5.32 Å². The fourth-order valence-electron chi connectivity index (χ4n) is 2.42. The molecule has 0 spiro atoms. The Morgan fingerprint density at radius 2 is 2.22 bits per heavy atom. The summed E-state index contributed by atoms with van der Waals surface area (Å²) in [6.07, 6.45) is 2.95. The fraction of sp³-hybridized carbons (Fsp3) is 0.500. The molecule has 18 heavy (non-hydrogen) atoms. The quantitative estimate of drug-likeness (QED) is 0.679. The molecule has 0 radical (unpaired) electrons. The van der Waals surface area contributed by atoms with Crippen LogP contribution in [-0.4, -0.2) is 25.6 Å². The average Bonchev–Trinajstić information content (AvgIpc) is 2.39. The fourth-order valence-corrected chi connectivity index (χ4v) is 2.42. The summed E-state index contributed by atoms with van der Waals surface area (Å²) in [6, 6.07) is 9.15. The highest BCUT2D eigenvalue weighted by atomic mass is 35.5. The third-order valence-corrected chi connectivity index (χ3v) is 3.26. The smallest absolute Gasteiger partial charge is 0.314 e. The second-order valence-corrected chi connectivity index (χ2v) is 4.37. The summed E-state index contributed by atoms with van der Waals surface area (Å²) in [5.41, 5.74) is 0.793. The summed E-state index contributed by atoms with van der Waals surface area (Å²) in [5.74, 6) is -1.26. The number of benzene rings is 1. The molecule has 0 unspecified atom stereocenters. The molecular formula is C14H20ClNO2. The van der Waals surface area contributed by atoms with Crippen LogP contribution in [0.15, 0.2) is 30.3 Å². The molecule has 1 aromatic carbocycles. The second-order valence-electron chi connectivity index (χ2n) is 4.37. The van der Waals surface area contributed by atoms with E-state index in [4.69, 9.17) is 4.11 Å². The van der Waals surface area contributed by atoms with Crippen molar-refractivity contribution in [2.45, 2.75) is 31.2 Å². The van der Waals surface area contributed by atoms with Crippen LogP contribution in [-0.2, 0) is 9.53 Å². The van der Waals surface area contributed by atoms with Crippen LogP contribution in [0.25, 0.3) is 0 Å². The SMILES string of the molecule is Cl.[2H][13C]([2H])([2H])OC(=O)[C@@H](c1ccccc1)[C@H]1CCCCN1. The van der Waals surface area contributed by atoms with Crippen molar-refractivity contribution in [3.8, 4) is 0 Å². The molecule has 1 aliphatic heterocycles. The molecule has 1 heterocycles. The molecule has 1 saturated heterocycles. The summed E-state index contributed by atoms with van der Waals surface area (Å²) >= 11 is 0. The van der Waals surface area contributed by atoms with Crippen LogP contribution in [0.1, 0.15) is 34.9 Å². The van der Waals surface area contributed by atoms with E-state index in [-0.39, 0.29) is 18.4 Å². The van der Waals surface area contributed by atoms with Crippen LogP contribution >= 0.6 is 12.4 Å². The predicted molar refractivity (Wildman–Crippen MR) is 74.1 cm³/mol. The Morgan fingerprint density at radius 3 is 2.83 bits per heavy atom. The first-order valence-electron chi connectivity index (χ1n) is 7.48. The van der Waals surface area contributed by atoms with E-state index in [9.17, 15) is 4.79 Å². The van der Waals surface area contributed by atoms with Crippen LogP contribution in [0.2, 0.25) is 0 Å². The Bertz CT molecular complexity index is 447. The first-order valence-corrected chi connectivity index (χ1v) is 5.98. The van der Waals surface area contributed by atoms with Crippen molar-refractivity contribution in [3.05, 3.63) is 35.9 Å². The van der Waals surface area contributed by atoms with Gasteiger partial charge < -0.3 is 10.1 Å². The third-order valence-electron chi connectivity index (χ3n) is 3.26. The zero-order valence-electron chi connectivity index (χ0n) is 13.1. The molecule has 4 heteroatoms. The number of hydrogen-bond acceptors (Lipinski definition) is 3. The Morgan fingerprint density at radius 1 is 1.44 bits per heavy atom. The molecule has 2 atom stereocenters. The number of rotatable bonds is 3. The first-order chi connectivity index (χ1) is 9.47. The van der Waals surface area contributed by atoms with Gasteiger partial charge in [-0.1, -0.05) is 36.8 Å². The van der Waals surface area contributed by atoms with Crippen LogP contribution in [0.5, 0.6) is 0 Å². The number of piperidine rings is 1. The number of ether oxygens (including phenoxy) is 1. The van der Waals surface area contributed by atoms with Gasteiger partial charge in [0.2, 0.25) is 0 Å². The van der Waals surface area contributed by atoms with Crippen molar-refractivity contribution < 1.29 is 13.6 Å². The Labute approximate surface area is 119 Å². The molecule has 0 amide bonds. The van der Waals surface area contributed by atoms with Gasteiger partial charge in [0, 0.05) is 6.04 Å². The Hall–Kier alpha value is -1.06. The lowest BCUT2D eigenvalue weighted by molar-refractivity contribution is -0.143. The highest BCUT2D eigenvalue weighted by molar-refractivity contribution is 5.85. The molecule has 0 aromatic heterocycles. The minimum absolute atomic E-state index is 0. The third kappa shape index (κ3) is 3.47. The predicted octanol–water partition coefficient (Wildman–Crippen LogP) is 2.51. The molecule has 0 saturated carbocycles. The number of halogens is 1. The van der Waals surface area contributed by atoms with Crippen LogP contribution in [0, 0.1) is 0 Å². The van der Waals surface area contributed by atoms with Gasteiger partial charge in [-0.3, -0.25) is 4.79 Å².